The Hall–Kier alpha value is -4.82. The second-order valence-electron chi connectivity index (χ2n) is 12.4. The number of ether oxygens (including phenoxy) is 2. The number of nitrogens with zero attached hydrogens (tertiary/aromatic N) is 2. The van der Waals surface area contributed by atoms with Crippen LogP contribution in [0, 0.1) is 19.7 Å². The largest absolute Gasteiger partial charge is 0.493 e. The van der Waals surface area contributed by atoms with Gasteiger partial charge in [-0.2, -0.15) is 0 Å². The molecule has 2 N–H and O–H groups in total. The Bertz CT molecular complexity index is 1850. The number of hydrogen-bond acceptors (Lipinski definition) is 6. The third-order valence-corrected chi connectivity index (χ3v) is 7.57. The van der Waals surface area contributed by atoms with Crippen molar-refractivity contribution in [1.29, 1.82) is 0 Å². The van der Waals surface area contributed by atoms with Gasteiger partial charge in [-0.1, -0.05) is 24.3 Å². The SMILES string of the molecule is CC(C)(C)O.Cc1nc(C)c(-c2ccc(OCCc3ccc(F)cc3)cc2)c(-c2ccc3c4c(ccnc24)CCO3)c1CC(=O)O. The van der Waals surface area contributed by atoms with Crippen LogP contribution in [0.4, 0.5) is 4.39 Å². The minimum absolute atomic E-state index is 0.161. The molecule has 0 aliphatic carbocycles. The van der Waals surface area contributed by atoms with E-state index in [9.17, 15) is 14.3 Å². The fourth-order valence-corrected chi connectivity index (χ4v) is 5.66. The highest BCUT2D eigenvalue weighted by Crippen LogP contribution is 2.44. The van der Waals surface area contributed by atoms with Gasteiger partial charge >= 0.3 is 5.97 Å². The van der Waals surface area contributed by atoms with Crippen molar-refractivity contribution in [2.24, 2.45) is 0 Å². The van der Waals surface area contributed by atoms with E-state index in [1.54, 1.807) is 32.9 Å². The Labute approximate surface area is 268 Å². The van der Waals surface area contributed by atoms with Crippen molar-refractivity contribution in [3.8, 4) is 33.8 Å². The molecule has 7 nitrogen and oxygen atoms in total. The van der Waals surface area contributed by atoms with Crippen LogP contribution >= 0.6 is 0 Å². The first kappa shape index (κ1) is 32.6. The van der Waals surface area contributed by atoms with Crippen molar-refractivity contribution in [2.45, 2.75) is 59.5 Å². The molecular weight excluding hydrogens is 583 g/mol. The zero-order chi connectivity index (χ0) is 33.0. The van der Waals surface area contributed by atoms with Crippen LogP contribution in [0.15, 0.2) is 72.9 Å². The van der Waals surface area contributed by atoms with Crippen LogP contribution in [0.25, 0.3) is 33.2 Å². The monoisotopic (exact) mass is 622 g/mol. The van der Waals surface area contributed by atoms with Gasteiger partial charge in [0.05, 0.1) is 30.8 Å². The molecule has 0 unspecified atom stereocenters. The highest BCUT2D eigenvalue weighted by atomic mass is 19.1. The minimum atomic E-state index is -0.921. The number of pyridine rings is 2. The number of halogens is 1. The average Bonchev–Trinajstić information content (AvgIpc) is 3.00. The van der Waals surface area contributed by atoms with Crippen LogP contribution in [-0.4, -0.2) is 45.0 Å². The molecule has 0 saturated carbocycles. The maximum absolute atomic E-state index is 13.2. The summed E-state index contributed by atoms with van der Waals surface area (Å²) in [6.45, 7) is 10.1. The fourth-order valence-electron chi connectivity index (χ4n) is 5.66. The Kier molecular flexibility index (Phi) is 9.68. The summed E-state index contributed by atoms with van der Waals surface area (Å²) in [5.41, 5.74) is 8.05. The number of carboxylic acid groups (broad SMARTS) is 1. The lowest BCUT2D eigenvalue weighted by atomic mass is 9.86. The van der Waals surface area contributed by atoms with Gasteiger partial charge in [0.15, 0.2) is 0 Å². The van der Waals surface area contributed by atoms with E-state index in [4.69, 9.17) is 24.5 Å². The van der Waals surface area contributed by atoms with Crippen molar-refractivity contribution in [3.05, 3.63) is 107 Å². The lowest BCUT2D eigenvalue weighted by Gasteiger charge is -2.23. The topological polar surface area (TPSA) is 102 Å². The van der Waals surface area contributed by atoms with Gasteiger partial charge in [0.1, 0.15) is 17.3 Å². The zero-order valence-corrected chi connectivity index (χ0v) is 26.9. The molecule has 0 radical (unpaired) electrons. The van der Waals surface area contributed by atoms with Crippen molar-refractivity contribution >= 4 is 16.9 Å². The third-order valence-electron chi connectivity index (χ3n) is 7.57. The highest BCUT2D eigenvalue weighted by molar-refractivity contribution is 6.04. The number of rotatable bonds is 8. The zero-order valence-electron chi connectivity index (χ0n) is 26.9. The van der Waals surface area contributed by atoms with Gasteiger partial charge in [-0.15, -0.1) is 0 Å². The summed E-state index contributed by atoms with van der Waals surface area (Å²) in [5, 5.41) is 19.4. The maximum Gasteiger partial charge on any atom is 0.307 e. The summed E-state index contributed by atoms with van der Waals surface area (Å²) in [7, 11) is 0. The molecule has 0 saturated heterocycles. The lowest BCUT2D eigenvalue weighted by molar-refractivity contribution is -0.136. The lowest BCUT2D eigenvalue weighted by Crippen LogP contribution is -2.11. The van der Waals surface area contributed by atoms with Gasteiger partial charge in [0, 0.05) is 46.9 Å². The van der Waals surface area contributed by atoms with Gasteiger partial charge in [-0.3, -0.25) is 14.8 Å². The molecule has 1 aliphatic heterocycles. The number of hydrogen-bond donors (Lipinski definition) is 2. The van der Waals surface area contributed by atoms with Crippen LogP contribution in [0.3, 0.4) is 0 Å². The van der Waals surface area contributed by atoms with E-state index < -0.39 is 11.6 Å². The summed E-state index contributed by atoms with van der Waals surface area (Å²) in [4.78, 5) is 21.6. The van der Waals surface area contributed by atoms with E-state index in [0.717, 1.165) is 56.6 Å². The Morgan fingerprint density at radius 3 is 2.33 bits per heavy atom. The first-order chi connectivity index (χ1) is 21.9. The smallest absolute Gasteiger partial charge is 0.307 e. The van der Waals surface area contributed by atoms with E-state index >= 15 is 0 Å². The van der Waals surface area contributed by atoms with Crippen LogP contribution in [0.5, 0.6) is 11.5 Å². The molecule has 1 aliphatic rings. The van der Waals surface area contributed by atoms with E-state index in [-0.39, 0.29) is 12.2 Å². The fraction of sp³-hybridized carbons (Fsp3) is 0.289. The van der Waals surface area contributed by atoms with Crippen LogP contribution in [0.1, 0.15) is 48.8 Å². The van der Waals surface area contributed by atoms with Gasteiger partial charge in [0.25, 0.3) is 0 Å². The normalized spacial score (nSPS) is 12.2. The third kappa shape index (κ3) is 7.69. The summed E-state index contributed by atoms with van der Waals surface area (Å²) < 4.78 is 25.1. The van der Waals surface area contributed by atoms with Crippen LogP contribution in [0.2, 0.25) is 0 Å². The molecule has 5 aromatic rings. The molecule has 8 heteroatoms. The predicted octanol–water partition coefficient (Wildman–Crippen LogP) is 7.68. The second kappa shape index (κ2) is 13.7. The molecule has 3 aromatic carbocycles. The molecule has 0 amide bonds. The molecule has 0 spiro atoms. The van der Waals surface area contributed by atoms with Crippen LogP contribution in [-0.2, 0) is 24.1 Å². The second-order valence-corrected chi connectivity index (χ2v) is 12.4. The Morgan fingerprint density at radius 2 is 1.65 bits per heavy atom. The Balaban J connectivity index is 0.000000775. The highest BCUT2D eigenvalue weighted by Gasteiger charge is 2.25. The summed E-state index contributed by atoms with van der Waals surface area (Å²) >= 11 is 0. The van der Waals surface area contributed by atoms with Crippen molar-refractivity contribution in [3.63, 3.8) is 0 Å². The number of aryl methyl sites for hydroxylation is 2. The molecule has 46 heavy (non-hydrogen) atoms. The number of aliphatic carboxylic acids is 1. The van der Waals surface area contributed by atoms with Gasteiger partial charge < -0.3 is 19.7 Å². The molecule has 3 heterocycles. The molecular formula is C38H39FN2O5. The predicted molar refractivity (Wildman–Crippen MR) is 178 cm³/mol. The molecule has 0 fully saturated rings. The molecule has 0 bridgehead atoms. The molecule has 2 aromatic heterocycles. The van der Waals surface area contributed by atoms with Gasteiger partial charge in [-0.25, -0.2) is 4.39 Å². The van der Waals surface area contributed by atoms with Crippen molar-refractivity contribution in [1.82, 2.24) is 9.97 Å². The van der Waals surface area contributed by atoms with E-state index in [1.807, 2.05) is 62.5 Å². The van der Waals surface area contributed by atoms with E-state index in [2.05, 4.69) is 0 Å². The number of benzene rings is 3. The van der Waals surface area contributed by atoms with E-state index in [0.29, 0.717) is 36.6 Å². The number of carbonyl (C=O) groups is 1. The van der Waals surface area contributed by atoms with Crippen molar-refractivity contribution < 1.29 is 28.9 Å². The van der Waals surface area contributed by atoms with Crippen LogP contribution < -0.4 is 9.47 Å². The van der Waals surface area contributed by atoms with Gasteiger partial charge in [-0.05, 0) is 105 Å². The maximum atomic E-state index is 13.2. The first-order valence-electron chi connectivity index (χ1n) is 15.3. The number of aliphatic hydroxyl groups is 1. The standard InChI is InChI=1S/C34H29FN2O4.C4H10O/c1-20-28(19-30(38)39)33(27-11-12-29-32-24(15-18-41-29)13-16-36-34(27)32)31(21(2)37-20)23-5-9-26(10-6-23)40-17-14-22-3-7-25(35)8-4-22;1-4(2,3)5/h3-13,16H,14-15,17-19H2,1-2H3,(H,38,39);5H,1-3H3. The van der Waals surface area contributed by atoms with Gasteiger partial charge in [0.2, 0.25) is 0 Å². The minimum Gasteiger partial charge on any atom is -0.493 e. The molecule has 0 atom stereocenters. The van der Waals surface area contributed by atoms with Crippen molar-refractivity contribution in [2.75, 3.05) is 13.2 Å². The van der Waals surface area contributed by atoms with E-state index in [1.165, 1.54) is 17.7 Å². The number of aromatic nitrogens is 2. The molecule has 6 rings (SSSR count). The summed E-state index contributed by atoms with van der Waals surface area (Å²) in [5.74, 6) is 0.328. The summed E-state index contributed by atoms with van der Waals surface area (Å²) in [6.07, 6.45) is 3.10. The number of carboxylic acids is 1. The Morgan fingerprint density at radius 1 is 0.957 bits per heavy atom. The summed E-state index contributed by atoms with van der Waals surface area (Å²) in [6, 6.07) is 20.1. The molecule has 238 valence electrons. The first-order valence-corrected chi connectivity index (χ1v) is 15.3. The average molecular weight is 623 g/mol. The quantitative estimate of drug-likeness (QED) is 0.183.